The molecular formula is C16H18N2OS. The molecule has 0 radical (unpaired) electrons. The Bertz CT molecular complexity index is 646. The molecule has 104 valence electrons. The first-order valence-corrected chi connectivity index (χ1v) is 7.86. The molecule has 0 aliphatic heterocycles. The quantitative estimate of drug-likeness (QED) is 0.879. The van der Waals surface area contributed by atoms with Gasteiger partial charge in [-0.05, 0) is 42.9 Å². The zero-order valence-corrected chi connectivity index (χ0v) is 12.4. The summed E-state index contributed by atoms with van der Waals surface area (Å²) >= 11 is 1.46. The number of ketones is 1. The SMILES string of the molecule is CC(N)c1nc(C(=O)Cc2ccc3c(c2)CCC3)cs1. The van der Waals surface area contributed by atoms with Gasteiger partial charge in [0.15, 0.2) is 5.78 Å². The highest BCUT2D eigenvalue weighted by molar-refractivity contribution is 7.09. The summed E-state index contributed by atoms with van der Waals surface area (Å²) in [4.78, 5) is 16.6. The summed E-state index contributed by atoms with van der Waals surface area (Å²) in [5, 5.41) is 2.64. The summed E-state index contributed by atoms with van der Waals surface area (Å²) in [6.45, 7) is 1.88. The van der Waals surface area contributed by atoms with Gasteiger partial charge in [-0.25, -0.2) is 4.98 Å². The molecular weight excluding hydrogens is 268 g/mol. The molecule has 1 atom stereocenters. The second-order valence-electron chi connectivity index (χ2n) is 5.42. The summed E-state index contributed by atoms with van der Waals surface area (Å²) in [5.41, 5.74) is 10.3. The molecule has 1 aliphatic carbocycles. The third kappa shape index (κ3) is 2.67. The van der Waals surface area contributed by atoms with Crippen molar-refractivity contribution < 1.29 is 4.79 Å². The molecule has 3 nitrogen and oxygen atoms in total. The van der Waals surface area contributed by atoms with Crippen molar-refractivity contribution in [2.24, 2.45) is 5.73 Å². The van der Waals surface area contributed by atoms with E-state index in [1.54, 1.807) is 0 Å². The first-order chi connectivity index (χ1) is 9.63. The van der Waals surface area contributed by atoms with Gasteiger partial charge in [-0.1, -0.05) is 18.2 Å². The topological polar surface area (TPSA) is 56.0 Å². The van der Waals surface area contributed by atoms with Crippen LogP contribution in [0.3, 0.4) is 0 Å². The molecule has 1 aromatic heterocycles. The Morgan fingerprint density at radius 3 is 2.95 bits per heavy atom. The summed E-state index contributed by atoms with van der Waals surface area (Å²) in [7, 11) is 0. The van der Waals surface area contributed by atoms with E-state index in [2.05, 4.69) is 23.2 Å². The zero-order valence-electron chi connectivity index (χ0n) is 11.6. The van der Waals surface area contributed by atoms with Crippen LogP contribution in [0.5, 0.6) is 0 Å². The molecule has 0 spiro atoms. The fourth-order valence-corrected chi connectivity index (χ4v) is 3.42. The van der Waals surface area contributed by atoms with Gasteiger partial charge in [0.25, 0.3) is 0 Å². The van der Waals surface area contributed by atoms with E-state index in [4.69, 9.17) is 5.73 Å². The predicted molar refractivity (Wildman–Crippen MR) is 81.2 cm³/mol. The summed E-state index contributed by atoms with van der Waals surface area (Å²) in [5.74, 6) is 0.0751. The number of hydrogen-bond donors (Lipinski definition) is 1. The highest BCUT2D eigenvalue weighted by Gasteiger charge is 2.15. The highest BCUT2D eigenvalue weighted by Crippen LogP contribution is 2.24. The molecule has 4 heteroatoms. The number of carbonyl (C=O) groups excluding carboxylic acids is 1. The smallest absolute Gasteiger partial charge is 0.186 e. The lowest BCUT2D eigenvalue weighted by Gasteiger charge is -2.03. The van der Waals surface area contributed by atoms with Gasteiger partial charge in [0.1, 0.15) is 10.7 Å². The minimum atomic E-state index is -0.110. The standard InChI is InChI=1S/C16H18N2OS/c1-10(17)16-18-14(9-20-16)15(19)8-11-5-6-12-3-2-4-13(12)7-11/h5-7,9-10H,2-4,8,17H2,1H3. The maximum atomic E-state index is 12.3. The third-order valence-corrected chi connectivity index (χ3v) is 4.77. The molecule has 0 fully saturated rings. The number of thiazole rings is 1. The molecule has 2 N–H and O–H groups in total. The number of hydrogen-bond acceptors (Lipinski definition) is 4. The van der Waals surface area contributed by atoms with Crippen LogP contribution in [0.25, 0.3) is 0 Å². The van der Waals surface area contributed by atoms with Gasteiger partial charge in [0.2, 0.25) is 0 Å². The highest BCUT2D eigenvalue weighted by atomic mass is 32.1. The molecule has 20 heavy (non-hydrogen) atoms. The number of fused-ring (bicyclic) bond motifs is 1. The van der Waals surface area contributed by atoms with E-state index >= 15 is 0 Å². The minimum Gasteiger partial charge on any atom is -0.322 e. The van der Waals surface area contributed by atoms with Gasteiger partial charge in [-0.3, -0.25) is 4.79 Å². The number of rotatable bonds is 4. The van der Waals surface area contributed by atoms with Gasteiger partial charge in [0, 0.05) is 11.8 Å². The number of aromatic nitrogens is 1. The second-order valence-corrected chi connectivity index (χ2v) is 6.31. The van der Waals surface area contributed by atoms with Crippen molar-refractivity contribution in [3.8, 4) is 0 Å². The summed E-state index contributed by atoms with van der Waals surface area (Å²) in [6.07, 6.45) is 3.97. The molecule has 0 saturated heterocycles. The lowest BCUT2D eigenvalue weighted by molar-refractivity contribution is 0.0988. The fourth-order valence-electron chi connectivity index (χ4n) is 2.64. The van der Waals surface area contributed by atoms with E-state index < -0.39 is 0 Å². The monoisotopic (exact) mass is 286 g/mol. The summed E-state index contributed by atoms with van der Waals surface area (Å²) < 4.78 is 0. The van der Waals surface area contributed by atoms with E-state index in [9.17, 15) is 4.79 Å². The van der Waals surface area contributed by atoms with E-state index in [0.717, 1.165) is 17.0 Å². The van der Waals surface area contributed by atoms with Gasteiger partial charge in [-0.15, -0.1) is 11.3 Å². The molecule has 1 heterocycles. The number of carbonyl (C=O) groups is 1. The summed E-state index contributed by atoms with van der Waals surface area (Å²) in [6, 6.07) is 6.31. The van der Waals surface area contributed by atoms with Gasteiger partial charge in [0.05, 0.1) is 6.04 Å². The van der Waals surface area contributed by atoms with E-state index in [-0.39, 0.29) is 11.8 Å². The second kappa shape index (κ2) is 5.46. The van der Waals surface area contributed by atoms with E-state index in [1.807, 2.05) is 12.3 Å². The maximum Gasteiger partial charge on any atom is 0.186 e. The van der Waals surface area contributed by atoms with Gasteiger partial charge >= 0.3 is 0 Å². The van der Waals surface area contributed by atoms with Crippen LogP contribution in [-0.4, -0.2) is 10.8 Å². The van der Waals surface area contributed by atoms with Crippen LogP contribution in [-0.2, 0) is 19.3 Å². The first kappa shape index (κ1) is 13.5. The molecule has 1 aliphatic rings. The van der Waals surface area contributed by atoms with Crippen LogP contribution in [0.1, 0.15) is 51.6 Å². The molecule has 0 saturated carbocycles. The Kier molecular flexibility index (Phi) is 3.68. The number of benzene rings is 1. The van der Waals surface area contributed by atoms with Crippen LogP contribution < -0.4 is 5.73 Å². The molecule has 0 bridgehead atoms. The number of nitrogens with zero attached hydrogens (tertiary/aromatic N) is 1. The molecule has 2 aromatic rings. The first-order valence-electron chi connectivity index (χ1n) is 6.98. The van der Waals surface area contributed by atoms with Gasteiger partial charge < -0.3 is 5.73 Å². The van der Waals surface area contributed by atoms with Gasteiger partial charge in [-0.2, -0.15) is 0 Å². The number of Topliss-reactive ketones (excluding diaryl/α,β-unsaturated/α-hetero) is 1. The average molecular weight is 286 g/mol. The van der Waals surface area contributed by atoms with Crippen molar-refractivity contribution >= 4 is 17.1 Å². The van der Waals surface area contributed by atoms with Crippen LogP contribution >= 0.6 is 11.3 Å². The number of aryl methyl sites for hydroxylation is 2. The molecule has 0 amide bonds. The molecule has 1 aromatic carbocycles. The third-order valence-electron chi connectivity index (χ3n) is 3.72. The van der Waals surface area contributed by atoms with Crippen molar-refractivity contribution in [2.75, 3.05) is 0 Å². The lowest BCUT2D eigenvalue weighted by Crippen LogP contribution is -2.07. The van der Waals surface area contributed by atoms with Crippen molar-refractivity contribution in [1.82, 2.24) is 4.98 Å². The van der Waals surface area contributed by atoms with Crippen molar-refractivity contribution in [3.05, 3.63) is 51.0 Å². The van der Waals surface area contributed by atoms with Crippen molar-refractivity contribution in [3.63, 3.8) is 0 Å². The minimum absolute atomic E-state index is 0.0751. The van der Waals surface area contributed by atoms with Crippen molar-refractivity contribution in [2.45, 2.75) is 38.6 Å². The Morgan fingerprint density at radius 2 is 2.20 bits per heavy atom. The Labute approximate surface area is 122 Å². The normalized spacial score (nSPS) is 15.1. The lowest BCUT2D eigenvalue weighted by atomic mass is 10.0. The van der Waals surface area contributed by atoms with Crippen LogP contribution in [0.4, 0.5) is 0 Å². The van der Waals surface area contributed by atoms with E-state index in [1.165, 1.54) is 35.3 Å². The van der Waals surface area contributed by atoms with Crippen LogP contribution in [0, 0.1) is 0 Å². The Balaban J connectivity index is 1.75. The zero-order chi connectivity index (χ0) is 14.1. The Hall–Kier alpha value is -1.52. The molecule has 1 unspecified atom stereocenters. The van der Waals surface area contributed by atoms with Crippen LogP contribution in [0.15, 0.2) is 23.6 Å². The maximum absolute atomic E-state index is 12.3. The Morgan fingerprint density at radius 1 is 1.40 bits per heavy atom. The van der Waals surface area contributed by atoms with Crippen molar-refractivity contribution in [1.29, 1.82) is 0 Å². The average Bonchev–Trinajstić information content (AvgIpc) is 3.07. The predicted octanol–water partition coefficient (Wildman–Crippen LogP) is 3.08. The van der Waals surface area contributed by atoms with Crippen LogP contribution in [0.2, 0.25) is 0 Å². The fraction of sp³-hybridized carbons (Fsp3) is 0.375. The molecule has 3 rings (SSSR count). The van der Waals surface area contributed by atoms with E-state index in [0.29, 0.717) is 12.1 Å². The largest absolute Gasteiger partial charge is 0.322 e. The number of nitrogens with two attached hydrogens (primary N) is 1.